The molecule has 1 aliphatic heterocycles. The summed E-state index contributed by atoms with van der Waals surface area (Å²) in [5, 5.41) is -0.349. The maximum Gasteiger partial charge on any atom is 0.228 e. The van der Waals surface area contributed by atoms with Crippen LogP contribution < -0.4 is 0 Å². The lowest BCUT2D eigenvalue weighted by Gasteiger charge is -2.34. The topological polar surface area (TPSA) is 46.6 Å². The van der Waals surface area contributed by atoms with Gasteiger partial charge in [-0.2, -0.15) is 4.31 Å². The molecule has 4 nitrogen and oxygen atoms in total. The smallest absolute Gasteiger partial charge is 0.228 e. The van der Waals surface area contributed by atoms with Crippen LogP contribution in [0.3, 0.4) is 0 Å². The van der Waals surface area contributed by atoms with Crippen LogP contribution in [0.25, 0.3) is 0 Å². The van der Waals surface area contributed by atoms with Gasteiger partial charge in [0.1, 0.15) is 5.21 Å². The van der Waals surface area contributed by atoms with E-state index in [1.807, 2.05) is 0 Å². The number of piperidine rings is 1. The van der Waals surface area contributed by atoms with Gasteiger partial charge in [-0.25, -0.2) is 8.42 Å². The van der Waals surface area contributed by atoms with Crippen molar-refractivity contribution in [2.45, 2.75) is 19.4 Å². The van der Waals surface area contributed by atoms with Crippen LogP contribution in [0.15, 0.2) is 0 Å². The third kappa shape index (κ3) is 2.59. The number of alkyl halides is 1. The molecular weight excluding hydrogens is 226 g/mol. The third-order valence-corrected chi connectivity index (χ3v) is 4.91. The van der Waals surface area contributed by atoms with E-state index in [1.165, 1.54) is 4.31 Å². The van der Waals surface area contributed by atoms with Gasteiger partial charge >= 0.3 is 0 Å². The van der Waals surface area contributed by atoms with Crippen molar-refractivity contribution < 1.29 is 13.2 Å². The predicted octanol–water partition coefficient (Wildman–Crippen LogP) is 0.869. The summed E-state index contributed by atoms with van der Waals surface area (Å²) in [5.74, 6) is 0.404. The summed E-state index contributed by atoms with van der Waals surface area (Å²) in [7, 11) is -1.66. The molecule has 0 aromatic rings. The van der Waals surface area contributed by atoms with Gasteiger partial charge in [0.2, 0.25) is 10.0 Å². The maximum atomic E-state index is 11.5. The lowest BCUT2D eigenvalue weighted by Crippen LogP contribution is -2.46. The number of hydrogen-bond donors (Lipinski definition) is 0. The molecular formula is C8H16ClNO3S. The standard InChI is InChI=1S/C8H16ClNO3S/c1-7-3-4-10(5-8(7)13-2)14(11,12)6-9/h7-8H,3-6H2,1-2H3. The molecule has 0 aromatic carbocycles. The van der Waals surface area contributed by atoms with Gasteiger partial charge in [0.05, 0.1) is 6.10 Å². The van der Waals surface area contributed by atoms with Gasteiger partial charge in [-0.15, -0.1) is 11.6 Å². The minimum Gasteiger partial charge on any atom is -0.380 e. The van der Waals surface area contributed by atoms with Crippen molar-refractivity contribution in [2.24, 2.45) is 5.92 Å². The Bertz CT molecular complexity index is 280. The molecule has 0 aromatic heterocycles. The highest BCUT2D eigenvalue weighted by molar-refractivity contribution is 7.90. The molecule has 0 radical (unpaired) electrons. The van der Waals surface area contributed by atoms with Crippen LogP contribution in [-0.4, -0.2) is 44.2 Å². The lowest BCUT2D eigenvalue weighted by molar-refractivity contribution is 0.0185. The molecule has 0 aliphatic carbocycles. The van der Waals surface area contributed by atoms with Gasteiger partial charge < -0.3 is 4.74 Å². The molecule has 0 amide bonds. The normalized spacial score (nSPS) is 30.5. The first-order valence-electron chi connectivity index (χ1n) is 4.58. The first-order chi connectivity index (χ1) is 6.51. The highest BCUT2D eigenvalue weighted by Crippen LogP contribution is 2.21. The van der Waals surface area contributed by atoms with Crippen molar-refractivity contribution in [3.8, 4) is 0 Å². The second kappa shape index (κ2) is 4.79. The number of hydrogen-bond acceptors (Lipinski definition) is 3. The van der Waals surface area contributed by atoms with Crippen molar-refractivity contribution in [3.05, 3.63) is 0 Å². The van der Waals surface area contributed by atoms with Crippen LogP contribution >= 0.6 is 11.6 Å². The first-order valence-corrected chi connectivity index (χ1v) is 6.72. The zero-order chi connectivity index (χ0) is 10.8. The van der Waals surface area contributed by atoms with Crippen LogP contribution in [0, 0.1) is 5.92 Å². The maximum absolute atomic E-state index is 11.5. The van der Waals surface area contributed by atoms with E-state index in [4.69, 9.17) is 16.3 Å². The summed E-state index contributed by atoms with van der Waals surface area (Å²) < 4.78 is 29.6. The fourth-order valence-corrected chi connectivity index (χ4v) is 2.94. The average molecular weight is 242 g/mol. The predicted molar refractivity (Wildman–Crippen MR) is 55.8 cm³/mol. The van der Waals surface area contributed by atoms with Crippen LogP contribution in [0.1, 0.15) is 13.3 Å². The van der Waals surface area contributed by atoms with Gasteiger partial charge in [0.25, 0.3) is 0 Å². The Hall–Kier alpha value is 0.160. The molecule has 2 atom stereocenters. The lowest BCUT2D eigenvalue weighted by atomic mass is 9.97. The van der Waals surface area contributed by atoms with Gasteiger partial charge in [0, 0.05) is 20.2 Å². The monoisotopic (exact) mass is 241 g/mol. The molecule has 84 valence electrons. The summed E-state index contributed by atoms with van der Waals surface area (Å²) in [5.41, 5.74) is 0. The minimum atomic E-state index is -3.27. The van der Waals surface area contributed by atoms with E-state index >= 15 is 0 Å². The van der Waals surface area contributed by atoms with E-state index in [9.17, 15) is 8.42 Å². The van der Waals surface area contributed by atoms with Crippen molar-refractivity contribution >= 4 is 21.6 Å². The van der Waals surface area contributed by atoms with Crippen LogP contribution in [0.2, 0.25) is 0 Å². The Morgan fingerprint density at radius 2 is 2.21 bits per heavy atom. The number of sulfonamides is 1. The summed E-state index contributed by atoms with van der Waals surface area (Å²) in [6, 6.07) is 0. The highest BCUT2D eigenvalue weighted by Gasteiger charge is 2.32. The Balaban J connectivity index is 2.68. The molecule has 14 heavy (non-hydrogen) atoms. The van der Waals surface area contributed by atoms with Crippen LogP contribution in [-0.2, 0) is 14.8 Å². The van der Waals surface area contributed by atoms with E-state index in [0.29, 0.717) is 19.0 Å². The summed E-state index contributed by atoms with van der Waals surface area (Å²) in [6.07, 6.45) is 0.816. The second-order valence-electron chi connectivity index (χ2n) is 3.62. The number of methoxy groups -OCH3 is 1. The Morgan fingerprint density at radius 3 is 2.71 bits per heavy atom. The van der Waals surface area contributed by atoms with Gasteiger partial charge in [-0.05, 0) is 12.3 Å². The van der Waals surface area contributed by atoms with Crippen molar-refractivity contribution in [2.75, 3.05) is 25.4 Å². The van der Waals surface area contributed by atoms with E-state index in [0.717, 1.165) is 6.42 Å². The zero-order valence-electron chi connectivity index (χ0n) is 8.44. The van der Waals surface area contributed by atoms with Gasteiger partial charge in [0.15, 0.2) is 0 Å². The number of halogens is 1. The van der Waals surface area contributed by atoms with Crippen molar-refractivity contribution in [1.29, 1.82) is 0 Å². The molecule has 0 bridgehead atoms. The Morgan fingerprint density at radius 1 is 1.57 bits per heavy atom. The van der Waals surface area contributed by atoms with Crippen LogP contribution in [0.5, 0.6) is 0 Å². The summed E-state index contributed by atoms with van der Waals surface area (Å²) in [6.45, 7) is 3.04. The Labute approximate surface area is 90.2 Å². The minimum absolute atomic E-state index is 0.0123. The van der Waals surface area contributed by atoms with E-state index in [-0.39, 0.29) is 11.3 Å². The molecule has 2 unspecified atom stereocenters. The van der Waals surface area contributed by atoms with Gasteiger partial charge in [-0.3, -0.25) is 0 Å². The molecule has 1 heterocycles. The van der Waals surface area contributed by atoms with E-state index in [2.05, 4.69) is 6.92 Å². The third-order valence-electron chi connectivity index (χ3n) is 2.69. The number of ether oxygens (including phenoxy) is 1. The Kier molecular flexibility index (Phi) is 4.18. The zero-order valence-corrected chi connectivity index (χ0v) is 10.0. The largest absolute Gasteiger partial charge is 0.380 e. The van der Waals surface area contributed by atoms with Crippen molar-refractivity contribution in [3.63, 3.8) is 0 Å². The fourth-order valence-electron chi connectivity index (χ4n) is 1.63. The summed E-state index contributed by atoms with van der Waals surface area (Å²) >= 11 is 5.38. The average Bonchev–Trinajstić information content (AvgIpc) is 2.18. The second-order valence-corrected chi connectivity index (χ2v) is 6.17. The molecule has 6 heteroatoms. The highest BCUT2D eigenvalue weighted by atomic mass is 35.5. The fraction of sp³-hybridized carbons (Fsp3) is 1.00. The van der Waals surface area contributed by atoms with E-state index in [1.54, 1.807) is 7.11 Å². The first kappa shape index (κ1) is 12.2. The molecule has 1 fully saturated rings. The number of nitrogens with zero attached hydrogens (tertiary/aromatic N) is 1. The van der Waals surface area contributed by atoms with Crippen molar-refractivity contribution in [1.82, 2.24) is 4.31 Å². The van der Waals surface area contributed by atoms with E-state index < -0.39 is 10.0 Å². The molecule has 0 spiro atoms. The molecule has 1 aliphatic rings. The molecule has 0 N–H and O–H groups in total. The van der Waals surface area contributed by atoms with Crippen LogP contribution in [0.4, 0.5) is 0 Å². The molecule has 1 saturated heterocycles. The summed E-state index contributed by atoms with van der Waals surface area (Å²) in [4.78, 5) is 0. The van der Waals surface area contributed by atoms with Gasteiger partial charge in [-0.1, -0.05) is 6.92 Å². The molecule has 0 saturated carbocycles. The SMILES string of the molecule is COC1CN(S(=O)(=O)CCl)CCC1C. The number of rotatable bonds is 3. The quantitative estimate of drug-likeness (QED) is 0.689. The molecule has 1 rings (SSSR count).